The van der Waals surface area contributed by atoms with E-state index in [-0.39, 0.29) is 17.6 Å². The van der Waals surface area contributed by atoms with Gasteiger partial charge in [0.2, 0.25) is 0 Å². The van der Waals surface area contributed by atoms with E-state index in [1.165, 1.54) is 24.0 Å². The van der Waals surface area contributed by atoms with Crippen LogP contribution in [0.4, 0.5) is 10.2 Å². The Morgan fingerprint density at radius 1 is 1.00 bits per heavy atom. The van der Waals surface area contributed by atoms with Crippen LogP contribution in [0, 0.1) is 5.82 Å². The Labute approximate surface area is 247 Å². The number of hydrogen-bond acceptors (Lipinski definition) is 8. The van der Waals surface area contributed by atoms with Crippen LogP contribution in [0.5, 0.6) is 5.75 Å². The highest BCUT2D eigenvalue weighted by atomic mass is 19.1. The van der Waals surface area contributed by atoms with E-state index in [0.29, 0.717) is 22.3 Å². The predicted octanol–water partition coefficient (Wildman–Crippen LogP) is 4.59. The van der Waals surface area contributed by atoms with Gasteiger partial charge in [-0.1, -0.05) is 6.07 Å². The van der Waals surface area contributed by atoms with Crippen LogP contribution in [0.1, 0.15) is 24.1 Å². The van der Waals surface area contributed by atoms with E-state index in [1.807, 2.05) is 31.5 Å². The molecule has 1 saturated heterocycles. The van der Waals surface area contributed by atoms with Crippen LogP contribution in [0.2, 0.25) is 0 Å². The SMILES string of the molecule is CC(c1cc2ccccn2c1-c1cc(CN2CCN(C)CC2)ccn1)n1nc(-c2cc(O)cc(F)c2)c2c(N)ncnc21. The van der Waals surface area contributed by atoms with Crippen LogP contribution in [0.3, 0.4) is 0 Å². The first-order chi connectivity index (χ1) is 20.9. The fraction of sp³-hybridized carbons (Fsp3) is 0.250. The van der Waals surface area contributed by atoms with Gasteiger partial charge in [0.05, 0.1) is 22.8 Å². The van der Waals surface area contributed by atoms with Crippen LogP contribution in [0.15, 0.2) is 73.3 Å². The van der Waals surface area contributed by atoms with Gasteiger partial charge in [0.1, 0.15) is 29.4 Å². The number of piperazine rings is 1. The summed E-state index contributed by atoms with van der Waals surface area (Å²) in [5.41, 5.74) is 12.7. The molecule has 43 heavy (non-hydrogen) atoms. The van der Waals surface area contributed by atoms with Crippen LogP contribution in [-0.4, -0.2) is 77.3 Å². The molecule has 1 atom stereocenters. The molecule has 7 rings (SSSR count). The minimum atomic E-state index is -0.579. The van der Waals surface area contributed by atoms with Crippen molar-refractivity contribution in [1.29, 1.82) is 0 Å². The largest absolute Gasteiger partial charge is 0.508 e. The van der Waals surface area contributed by atoms with Gasteiger partial charge in [0, 0.05) is 67.8 Å². The van der Waals surface area contributed by atoms with Gasteiger partial charge >= 0.3 is 0 Å². The first-order valence-electron chi connectivity index (χ1n) is 14.3. The number of aromatic nitrogens is 6. The zero-order valence-corrected chi connectivity index (χ0v) is 24.0. The monoisotopic (exact) mass is 577 g/mol. The summed E-state index contributed by atoms with van der Waals surface area (Å²) in [6, 6.07) is 16.0. The second-order valence-corrected chi connectivity index (χ2v) is 11.2. The number of rotatable bonds is 6. The molecule has 3 N–H and O–H groups in total. The van der Waals surface area contributed by atoms with Crippen molar-refractivity contribution in [3.05, 3.63) is 90.3 Å². The summed E-state index contributed by atoms with van der Waals surface area (Å²) < 4.78 is 18.3. The summed E-state index contributed by atoms with van der Waals surface area (Å²) in [5, 5.41) is 15.5. The number of pyridine rings is 2. The van der Waals surface area contributed by atoms with Gasteiger partial charge in [0.25, 0.3) is 0 Å². The number of likely N-dealkylation sites (N-methyl/N-ethyl adjacent to an activating group) is 1. The molecule has 0 spiro atoms. The quantitative estimate of drug-likeness (QED) is 0.296. The summed E-state index contributed by atoms with van der Waals surface area (Å²) >= 11 is 0. The number of fused-ring (bicyclic) bond motifs is 2. The van der Waals surface area contributed by atoms with E-state index in [0.717, 1.165) is 61.3 Å². The molecule has 1 aromatic carbocycles. The number of anilines is 1. The van der Waals surface area contributed by atoms with Crippen LogP contribution in [0.25, 0.3) is 39.2 Å². The summed E-state index contributed by atoms with van der Waals surface area (Å²) in [4.78, 5) is 18.4. The lowest BCUT2D eigenvalue weighted by atomic mass is 10.0. The van der Waals surface area contributed by atoms with Crippen molar-refractivity contribution in [3.8, 4) is 28.4 Å². The first-order valence-corrected chi connectivity index (χ1v) is 14.3. The highest BCUT2D eigenvalue weighted by Crippen LogP contribution is 2.38. The molecule has 0 amide bonds. The molecule has 1 fully saturated rings. The molecule has 10 nitrogen and oxygen atoms in total. The normalized spacial score (nSPS) is 15.4. The van der Waals surface area contributed by atoms with Crippen LogP contribution < -0.4 is 5.73 Å². The maximum absolute atomic E-state index is 14.3. The smallest absolute Gasteiger partial charge is 0.164 e. The summed E-state index contributed by atoms with van der Waals surface area (Å²) in [6.07, 6.45) is 5.32. The topological polar surface area (TPSA) is 114 Å². The fourth-order valence-electron chi connectivity index (χ4n) is 6.01. The lowest BCUT2D eigenvalue weighted by Crippen LogP contribution is -2.43. The molecule has 11 heteroatoms. The Hall–Kier alpha value is -4.87. The van der Waals surface area contributed by atoms with E-state index in [4.69, 9.17) is 15.8 Å². The standard InChI is InChI=1S/C32H32FN9O/c1-20(42-32-28(31(34)36-19-37-32)29(38-42)22-14-23(33)16-25(43)15-22)26-17-24-5-3-4-8-41(24)30(26)27-13-21(6-7-35-27)18-40-11-9-39(2)10-12-40/h3-8,13-17,19-20,43H,9-12,18H2,1-2H3,(H2,34,36,37). The summed E-state index contributed by atoms with van der Waals surface area (Å²) in [5.74, 6) is -0.558. The Bertz CT molecular complexity index is 1940. The molecule has 0 bridgehead atoms. The average molecular weight is 578 g/mol. The third-order valence-corrected chi connectivity index (χ3v) is 8.27. The molecule has 5 aromatic heterocycles. The second kappa shape index (κ2) is 10.8. The van der Waals surface area contributed by atoms with E-state index in [1.54, 1.807) is 4.68 Å². The number of phenolic OH excluding ortho intramolecular Hbond substituents is 1. The molecule has 218 valence electrons. The highest BCUT2D eigenvalue weighted by Gasteiger charge is 2.26. The van der Waals surface area contributed by atoms with Gasteiger partial charge in [-0.25, -0.2) is 19.0 Å². The molecule has 0 saturated carbocycles. The Morgan fingerprint density at radius 2 is 1.84 bits per heavy atom. The molecular weight excluding hydrogens is 545 g/mol. The molecule has 0 aliphatic carbocycles. The van der Waals surface area contributed by atoms with Crippen molar-refractivity contribution in [3.63, 3.8) is 0 Å². The third-order valence-electron chi connectivity index (χ3n) is 8.27. The van der Waals surface area contributed by atoms with E-state index in [2.05, 4.69) is 55.5 Å². The average Bonchev–Trinajstić information content (AvgIpc) is 3.58. The second-order valence-electron chi connectivity index (χ2n) is 11.2. The number of phenols is 1. The molecule has 6 aromatic rings. The van der Waals surface area contributed by atoms with Crippen molar-refractivity contribution in [2.75, 3.05) is 39.0 Å². The Morgan fingerprint density at radius 3 is 2.65 bits per heavy atom. The molecule has 1 aliphatic heterocycles. The number of halogens is 1. The molecular formula is C32H32FN9O. The van der Waals surface area contributed by atoms with Crippen molar-refractivity contribution >= 4 is 22.4 Å². The predicted molar refractivity (Wildman–Crippen MR) is 164 cm³/mol. The number of hydrogen-bond donors (Lipinski definition) is 2. The summed E-state index contributed by atoms with van der Waals surface area (Å²) in [6.45, 7) is 7.10. The number of nitrogens with two attached hydrogens (primary N) is 1. The number of benzene rings is 1. The van der Waals surface area contributed by atoms with Crippen molar-refractivity contribution in [1.82, 2.24) is 38.9 Å². The van der Waals surface area contributed by atoms with Crippen LogP contribution >= 0.6 is 0 Å². The number of nitrogen functional groups attached to an aromatic ring is 1. The minimum absolute atomic E-state index is 0.204. The molecule has 1 unspecified atom stereocenters. The maximum Gasteiger partial charge on any atom is 0.164 e. The van der Waals surface area contributed by atoms with Gasteiger partial charge in [0.15, 0.2) is 5.65 Å². The Balaban J connectivity index is 1.35. The van der Waals surface area contributed by atoms with Gasteiger partial charge in [-0.2, -0.15) is 5.10 Å². The van der Waals surface area contributed by atoms with Gasteiger partial charge in [-0.15, -0.1) is 0 Å². The zero-order chi connectivity index (χ0) is 29.7. The van der Waals surface area contributed by atoms with Crippen molar-refractivity contribution < 1.29 is 9.50 Å². The van der Waals surface area contributed by atoms with Gasteiger partial charge in [-0.3, -0.25) is 9.88 Å². The molecule has 1 aliphatic rings. The maximum atomic E-state index is 14.3. The van der Waals surface area contributed by atoms with Crippen molar-refractivity contribution in [2.45, 2.75) is 19.5 Å². The minimum Gasteiger partial charge on any atom is -0.508 e. The van der Waals surface area contributed by atoms with Crippen molar-refractivity contribution in [2.24, 2.45) is 0 Å². The first kappa shape index (κ1) is 27.0. The number of aromatic hydroxyl groups is 1. The fourth-order valence-corrected chi connectivity index (χ4v) is 6.01. The zero-order valence-electron chi connectivity index (χ0n) is 24.0. The third kappa shape index (κ3) is 4.96. The summed E-state index contributed by atoms with van der Waals surface area (Å²) in [7, 11) is 2.16. The van der Waals surface area contributed by atoms with E-state index >= 15 is 0 Å². The molecule has 0 radical (unpaired) electrons. The van der Waals surface area contributed by atoms with Crippen LogP contribution in [-0.2, 0) is 6.54 Å². The van der Waals surface area contributed by atoms with E-state index < -0.39 is 5.82 Å². The lowest BCUT2D eigenvalue weighted by molar-refractivity contribution is 0.148. The molecule has 6 heterocycles. The van der Waals surface area contributed by atoms with Gasteiger partial charge in [-0.05, 0) is 62.0 Å². The number of nitrogens with zero attached hydrogens (tertiary/aromatic N) is 8. The van der Waals surface area contributed by atoms with Gasteiger partial charge < -0.3 is 20.1 Å². The highest BCUT2D eigenvalue weighted by molar-refractivity contribution is 5.98. The lowest BCUT2D eigenvalue weighted by Gasteiger charge is -2.32. The Kier molecular flexibility index (Phi) is 6.75. The van der Waals surface area contributed by atoms with E-state index in [9.17, 15) is 9.50 Å².